The Morgan fingerprint density at radius 2 is 1.78 bits per heavy atom. The summed E-state index contributed by atoms with van der Waals surface area (Å²) in [7, 11) is 3.87. The van der Waals surface area contributed by atoms with Gasteiger partial charge in [-0.25, -0.2) is 4.39 Å². The fraction of sp³-hybridized carbons (Fsp3) is 0.240. The van der Waals surface area contributed by atoms with E-state index < -0.39 is 5.82 Å². The van der Waals surface area contributed by atoms with Gasteiger partial charge in [0.1, 0.15) is 17.3 Å². The van der Waals surface area contributed by atoms with Crippen LogP contribution in [-0.4, -0.2) is 37.9 Å². The van der Waals surface area contributed by atoms with Crippen molar-refractivity contribution in [2.75, 3.05) is 32.5 Å². The third kappa shape index (κ3) is 6.45. The van der Waals surface area contributed by atoms with Gasteiger partial charge in [-0.05, 0) is 80.7 Å². The maximum Gasteiger partial charge on any atom is 0.169 e. The molecule has 168 valence electrons. The zero-order valence-electron chi connectivity index (χ0n) is 18.2. The number of hydrogen-bond donors (Lipinski definition) is 1. The number of carbonyl (C=O) groups is 1. The number of aryl methyl sites for hydroxylation is 1. The summed E-state index contributed by atoms with van der Waals surface area (Å²) < 4.78 is 20.4. The van der Waals surface area contributed by atoms with E-state index in [1.165, 1.54) is 6.07 Å². The molecule has 7 heteroatoms. The molecule has 0 aliphatic heterocycles. The Hall–Kier alpha value is -2.60. The minimum Gasteiger partial charge on any atom is -0.456 e. The van der Waals surface area contributed by atoms with Crippen LogP contribution in [0, 0.1) is 12.7 Å². The number of carbonyl (C=O) groups excluding carboxylic acids is 1. The summed E-state index contributed by atoms with van der Waals surface area (Å²) in [4.78, 5) is 15.0. The molecule has 4 nitrogen and oxygen atoms in total. The fourth-order valence-corrected chi connectivity index (χ4v) is 3.56. The van der Waals surface area contributed by atoms with Gasteiger partial charge in [-0.1, -0.05) is 29.3 Å². The van der Waals surface area contributed by atoms with Crippen LogP contribution in [0.2, 0.25) is 10.0 Å². The van der Waals surface area contributed by atoms with Crippen molar-refractivity contribution >= 4 is 34.7 Å². The molecule has 3 aromatic carbocycles. The molecule has 32 heavy (non-hydrogen) atoms. The third-order valence-electron chi connectivity index (χ3n) is 4.80. The minimum atomic E-state index is -0.433. The zero-order valence-corrected chi connectivity index (χ0v) is 19.7. The molecular weight excluding hydrogens is 450 g/mol. The van der Waals surface area contributed by atoms with Crippen LogP contribution in [0.5, 0.6) is 11.5 Å². The van der Waals surface area contributed by atoms with Crippen LogP contribution in [0.15, 0.2) is 54.6 Å². The van der Waals surface area contributed by atoms with Gasteiger partial charge in [0.15, 0.2) is 5.78 Å². The van der Waals surface area contributed by atoms with E-state index in [0.29, 0.717) is 51.3 Å². The molecule has 0 saturated carbocycles. The van der Waals surface area contributed by atoms with Crippen molar-refractivity contribution in [3.05, 3.63) is 87.2 Å². The first-order chi connectivity index (χ1) is 15.2. The van der Waals surface area contributed by atoms with E-state index in [-0.39, 0.29) is 17.9 Å². The molecule has 0 saturated heterocycles. The SMILES string of the molecule is Cc1cc(F)c(NCCN(C)C)c(C(=O)Cc2ccc(Oc3ccc(Cl)cc3)c(Cl)c2)c1. The van der Waals surface area contributed by atoms with Crippen LogP contribution in [-0.2, 0) is 6.42 Å². The van der Waals surface area contributed by atoms with Crippen LogP contribution in [0.4, 0.5) is 10.1 Å². The lowest BCUT2D eigenvalue weighted by molar-refractivity contribution is 0.0993. The standard InChI is InChI=1S/C25H25Cl2FN2O2/c1-16-12-20(25(22(28)13-16)29-10-11-30(2)3)23(31)15-17-4-9-24(21(27)14-17)32-19-7-5-18(26)6-8-19/h4-9,12-14,29H,10-11,15H2,1-3H3. The third-order valence-corrected chi connectivity index (χ3v) is 5.35. The van der Waals surface area contributed by atoms with Crippen molar-refractivity contribution in [2.24, 2.45) is 0 Å². The molecule has 0 amide bonds. The van der Waals surface area contributed by atoms with Crippen LogP contribution < -0.4 is 10.1 Å². The Bertz CT molecular complexity index is 1100. The summed E-state index contributed by atoms with van der Waals surface area (Å²) in [6.07, 6.45) is 0.0895. The summed E-state index contributed by atoms with van der Waals surface area (Å²) in [5.41, 5.74) is 1.97. The Kier molecular flexibility index (Phi) is 8.13. The lowest BCUT2D eigenvalue weighted by Gasteiger charge is -2.16. The number of nitrogens with zero attached hydrogens (tertiary/aromatic N) is 1. The minimum absolute atomic E-state index is 0.0895. The molecule has 0 aliphatic rings. The summed E-state index contributed by atoms with van der Waals surface area (Å²) in [6, 6.07) is 15.3. The highest BCUT2D eigenvalue weighted by Crippen LogP contribution is 2.31. The highest BCUT2D eigenvalue weighted by atomic mass is 35.5. The fourth-order valence-electron chi connectivity index (χ4n) is 3.19. The van der Waals surface area contributed by atoms with Gasteiger partial charge in [-0.2, -0.15) is 0 Å². The molecule has 3 aromatic rings. The van der Waals surface area contributed by atoms with E-state index in [4.69, 9.17) is 27.9 Å². The van der Waals surface area contributed by atoms with E-state index in [9.17, 15) is 9.18 Å². The predicted molar refractivity (Wildman–Crippen MR) is 129 cm³/mol. The largest absolute Gasteiger partial charge is 0.456 e. The lowest BCUT2D eigenvalue weighted by Crippen LogP contribution is -2.22. The second kappa shape index (κ2) is 10.8. The van der Waals surface area contributed by atoms with Gasteiger partial charge in [0, 0.05) is 30.1 Å². The first-order valence-electron chi connectivity index (χ1n) is 10.2. The molecule has 0 bridgehead atoms. The van der Waals surface area contributed by atoms with Crippen molar-refractivity contribution in [2.45, 2.75) is 13.3 Å². The molecule has 0 spiro atoms. The zero-order chi connectivity index (χ0) is 23.3. The summed E-state index contributed by atoms with van der Waals surface area (Å²) in [6.45, 7) is 3.00. The lowest BCUT2D eigenvalue weighted by atomic mass is 9.99. The first kappa shape index (κ1) is 24.1. The van der Waals surface area contributed by atoms with Crippen LogP contribution in [0.25, 0.3) is 0 Å². The molecule has 0 heterocycles. The number of ether oxygens (including phenoxy) is 1. The molecule has 0 aromatic heterocycles. The summed E-state index contributed by atoms with van der Waals surface area (Å²) in [5, 5.41) is 4.06. The van der Waals surface area contributed by atoms with Gasteiger partial charge in [0.05, 0.1) is 10.7 Å². The number of hydrogen-bond acceptors (Lipinski definition) is 4. The molecule has 0 fully saturated rings. The highest BCUT2D eigenvalue weighted by Gasteiger charge is 2.17. The second-order valence-electron chi connectivity index (χ2n) is 7.82. The van der Waals surface area contributed by atoms with Crippen molar-refractivity contribution < 1.29 is 13.9 Å². The molecule has 3 rings (SSSR count). The van der Waals surface area contributed by atoms with Crippen LogP contribution in [0.1, 0.15) is 21.5 Å². The topological polar surface area (TPSA) is 41.6 Å². The van der Waals surface area contributed by atoms with Crippen LogP contribution >= 0.6 is 23.2 Å². The van der Waals surface area contributed by atoms with Gasteiger partial charge >= 0.3 is 0 Å². The van der Waals surface area contributed by atoms with E-state index >= 15 is 0 Å². The quantitative estimate of drug-likeness (QED) is 0.353. The number of anilines is 1. The van der Waals surface area contributed by atoms with Gasteiger partial charge in [0.2, 0.25) is 0 Å². The Morgan fingerprint density at radius 1 is 1.06 bits per heavy atom. The number of halogens is 3. The van der Waals surface area contributed by atoms with Crippen molar-refractivity contribution in [3.63, 3.8) is 0 Å². The van der Waals surface area contributed by atoms with Gasteiger partial charge in [-0.3, -0.25) is 4.79 Å². The summed E-state index contributed by atoms with van der Waals surface area (Å²) >= 11 is 12.3. The average molecular weight is 475 g/mol. The number of benzene rings is 3. The number of rotatable bonds is 9. The molecule has 0 radical (unpaired) electrons. The van der Waals surface area contributed by atoms with Gasteiger partial charge < -0.3 is 15.0 Å². The Balaban J connectivity index is 1.76. The highest BCUT2D eigenvalue weighted by molar-refractivity contribution is 6.32. The smallest absolute Gasteiger partial charge is 0.169 e. The maximum atomic E-state index is 14.6. The maximum absolute atomic E-state index is 14.6. The van der Waals surface area contributed by atoms with Gasteiger partial charge in [-0.15, -0.1) is 0 Å². The van der Waals surface area contributed by atoms with E-state index in [2.05, 4.69) is 5.32 Å². The molecule has 0 unspecified atom stereocenters. The normalized spacial score (nSPS) is 11.0. The number of nitrogens with one attached hydrogen (secondary N) is 1. The Labute approximate surface area is 197 Å². The van der Waals surface area contributed by atoms with Crippen molar-refractivity contribution in [3.8, 4) is 11.5 Å². The molecule has 1 N–H and O–H groups in total. The number of likely N-dealkylation sites (N-methyl/N-ethyl adjacent to an activating group) is 1. The predicted octanol–water partition coefficient (Wildman–Crippen LogP) is 6.63. The van der Waals surface area contributed by atoms with E-state index in [1.807, 2.05) is 19.0 Å². The second-order valence-corrected chi connectivity index (χ2v) is 8.66. The van der Waals surface area contributed by atoms with Crippen LogP contribution in [0.3, 0.4) is 0 Å². The molecule has 0 atom stereocenters. The Morgan fingerprint density at radius 3 is 2.44 bits per heavy atom. The first-order valence-corrected chi connectivity index (χ1v) is 10.9. The molecule has 0 aliphatic carbocycles. The average Bonchev–Trinajstić information content (AvgIpc) is 2.72. The van der Waals surface area contributed by atoms with Crippen molar-refractivity contribution in [1.29, 1.82) is 0 Å². The monoisotopic (exact) mass is 474 g/mol. The number of Topliss-reactive ketones (excluding diaryl/α,β-unsaturated/α-hetero) is 1. The summed E-state index contributed by atoms with van der Waals surface area (Å²) in [5.74, 6) is 0.445. The van der Waals surface area contributed by atoms with E-state index in [1.54, 1.807) is 55.5 Å². The molecular formula is C25H25Cl2FN2O2. The van der Waals surface area contributed by atoms with Crippen molar-refractivity contribution in [1.82, 2.24) is 4.90 Å². The van der Waals surface area contributed by atoms with E-state index in [0.717, 1.165) is 0 Å². The van der Waals surface area contributed by atoms with Gasteiger partial charge in [0.25, 0.3) is 0 Å². The number of ketones is 1.